The fourth-order valence-electron chi connectivity index (χ4n) is 2.33. The zero-order valence-electron chi connectivity index (χ0n) is 12.0. The number of aliphatic hydroxyl groups excluding tert-OH is 1. The minimum atomic E-state index is -3.43. The van der Waals surface area contributed by atoms with Crippen molar-refractivity contribution in [3.63, 3.8) is 0 Å². The minimum Gasteiger partial charge on any atom is -0.389 e. The van der Waals surface area contributed by atoms with E-state index in [4.69, 9.17) is 0 Å². The van der Waals surface area contributed by atoms with Gasteiger partial charge in [-0.15, -0.1) is 0 Å². The number of likely N-dealkylation sites (N-methyl/N-ethyl adjacent to an activating group) is 1. The Hall–Kier alpha value is -0.950. The highest BCUT2D eigenvalue weighted by atomic mass is 32.2. The Labute approximate surface area is 120 Å². The molecule has 1 unspecified atom stereocenters. The first-order chi connectivity index (χ1) is 9.41. The highest BCUT2D eigenvalue weighted by molar-refractivity contribution is 7.89. The molecule has 1 atom stereocenters. The SMILES string of the molecule is CC(O)c1ccc(S(=O)(=O)N2CCCN(C)CC2)cc1. The summed E-state index contributed by atoms with van der Waals surface area (Å²) in [6.45, 7) is 4.42. The van der Waals surface area contributed by atoms with E-state index >= 15 is 0 Å². The molecule has 0 radical (unpaired) electrons. The summed E-state index contributed by atoms with van der Waals surface area (Å²) in [5.74, 6) is 0. The van der Waals surface area contributed by atoms with Gasteiger partial charge in [-0.1, -0.05) is 12.1 Å². The molecule has 112 valence electrons. The molecule has 0 bridgehead atoms. The second kappa shape index (κ2) is 6.22. The number of hydrogen-bond donors (Lipinski definition) is 1. The summed E-state index contributed by atoms with van der Waals surface area (Å²) in [6.07, 6.45) is 0.264. The van der Waals surface area contributed by atoms with Gasteiger partial charge >= 0.3 is 0 Å². The van der Waals surface area contributed by atoms with E-state index in [-0.39, 0.29) is 0 Å². The third-order valence-electron chi connectivity index (χ3n) is 3.68. The topological polar surface area (TPSA) is 60.9 Å². The first-order valence-corrected chi connectivity index (χ1v) is 8.32. The Morgan fingerprint density at radius 3 is 2.35 bits per heavy atom. The van der Waals surface area contributed by atoms with Gasteiger partial charge in [0.1, 0.15) is 0 Å². The summed E-state index contributed by atoms with van der Waals surface area (Å²) >= 11 is 0. The maximum atomic E-state index is 12.6. The molecular weight excluding hydrogens is 276 g/mol. The van der Waals surface area contributed by atoms with Crippen molar-refractivity contribution < 1.29 is 13.5 Å². The molecule has 1 aliphatic heterocycles. The van der Waals surface area contributed by atoms with Gasteiger partial charge in [-0.05, 0) is 44.6 Å². The molecule has 0 amide bonds. The molecule has 0 saturated carbocycles. The van der Waals surface area contributed by atoms with Crippen molar-refractivity contribution in [3.8, 4) is 0 Å². The Morgan fingerprint density at radius 2 is 1.75 bits per heavy atom. The molecule has 5 nitrogen and oxygen atoms in total. The largest absolute Gasteiger partial charge is 0.389 e. The van der Waals surface area contributed by atoms with E-state index in [2.05, 4.69) is 4.90 Å². The molecule has 0 aromatic heterocycles. The first kappa shape index (κ1) is 15.4. The van der Waals surface area contributed by atoms with Crippen LogP contribution in [0, 0.1) is 0 Å². The summed E-state index contributed by atoms with van der Waals surface area (Å²) in [5.41, 5.74) is 0.722. The number of nitrogens with zero attached hydrogens (tertiary/aromatic N) is 2. The summed E-state index contributed by atoms with van der Waals surface area (Å²) in [5, 5.41) is 9.47. The highest BCUT2D eigenvalue weighted by Gasteiger charge is 2.26. The number of benzene rings is 1. The highest BCUT2D eigenvalue weighted by Crippen LogP contribution is 2.20. The lowest BCUT2D eigenvalue weighted by atomic mass is 10.1. The van der Waals surface area contributed by atoms with Crippen LogP contribution in [-0.4, -0.2) is 56.0 Å². The standard InChI is InChI=1S/C14H22N2O3S/c1-12(17)13-4-6-14(7-5-13)20(18,19)16-9-3-8-15(2)10-11-16/h4-7,12,17H,3,8-11H2,1-2H3. The average Bonchev–Trinajstić information content (AvgIpc) is 2.64. The first-order valence-electron chi connectivity index (χ1n) is 6.88. The molecule has 1 aromatic rings. The normalized spacial score (nSPS) is 20.6. The predicted octanol–water partition coefficient (Wildman–Crippen LogP) is 1.07. The Morgan fingerprint density at radius 1 is 1.10 bits per heavy atom. The van der Waals surface area contributed by atoms with Gasteiger partial charge in [-0.3, -0.25) is 0 Å². The third kappa shape index (κ3) is 3.38. The van der Waals surface area contributed by atoms with Crippen LogP contribution in [0.4, 0.5) is 0 Å². The third-order valence-corrected chi connectivity index (χ3v) is 5.59. The quantitative estimate of drug-likeness (QED) is 0.906. The van der Waals surface area contributed by atoms with Crippen molar-refractivity contribution in [2.45, 2.75) is 24.3 Å². The van der Waals surface area contributed by atoms with E-state index in [9.17, 15) is 13.5 Å². The van der Waals surface area contributed by atoms with Crippen LogP contribution in [0.3, 0.4) is 0 Å². The van der Waals surface area contributed by atoms with E-state index in [1.807, 2.05) is 7.05 Å². The number of sulfonamides is 1. The zero-order chi connectivity index (χ0) is 14.8. The molecule has 0 aliphatic carbocycles. The number of hydrogen-bond acceptors (Lipinski definition) is 4. The van der Waals surface area contributed by atoms with E-state index in [1.165, 1.54) is 0 Å². The molecule has 1 aliphatic rings. The molecular formula is C14H22N2O3S. The van der Waals surface area contributed by atoms with Crippen molar-refractivity contribution in [1.29, 1.82) is 0 Å². The van der Waals surface area contributed by atoms with Gasteiger partial charge in [0, 0.05) is 19.6 Å². The number of rotatable bonds is 3. The van der Waals surface area contributed by atoms with Crippen molar-refractivity contribution >= 4 is 10.0 Å². The van der Waals surface area contributed by atoms with Gasteiger partial charge in [0.2, 0.25) is 10.0 Å². The Bertz CT molecular complexity index is 540. The molecule has 6 heteroatoms. The Balaban J connectivity index is 2.21. The lowest BCUT2D eigenvalue weighted by Gasteiger charge is -2.20. The van der Waals surface area contributed by atoms with Crippen LogP contribution < -0.4 is 0 Å². The van der Waals surface area contributed by atoms with Gasteiger partial charge in [-0.25, -0.2) is 8.42 Å². The fraction of sp³-hybridized carbons (Fsp3) is 0.571. The predicted molar refractivity (Wildman–Crippen MR) is 77.9 cm³/mol. The van der Waals surface area contributed by atoms with Gasteiger partial charge in [-0.2, -0.15) is 4.31 Å². The van der Waals surface area contributed by atoms with E-state index < -0.39 is 16.1 Å². The molecule has 0 spiro atoms. The molecule has 1 heterocycles. The summed E-state index contributed by atoms with van der Waals surface area (Å²) in [7, 11) is -1.42. The maximum Gasteiger partial charge on any atom is 0.243 e. The van der Waals surface area contributed by atoms with Crippen molar-refractivity contribution in [1.82, 2.24) is 9.21 Å². The van der Waals surface area contributed by atoms with Crippen LogP contribution in [-0.2, 0) is 10.0 Å². The second-order valence-electron chi connectivity index (χ2n) is 5.31. The van der Waals surface area contributed by atoms with Gasteiger partial charge in [0.05, 0.1) is 11.0 Å². The van der Waals surface area contributed by atoms with E-state index in [1.54, 1.807) is 35.5 Å². The minimum absolute atomic E-state index is 0.298. The molecule has 1 N–H and O–H groups in total. The smallest absolute Gasteiger partial charge is 0.243 e. The summed E-state index contributed by atoms with van der Waals surface area (Å²) in [6, 6.07) is 6.49. The lowest BCUT2D eigenvalue weighted by Crippen LogP contribution is -2.34. The van der Waals surface area contributed by atoms with Crippen molar-refractivity contribution in [2.75, 3.05) is 33.2 Å². The van der Waals surface area contributed by atoms with E-state index in [0.29, 0.717) is 18.0 Å². The second-order valence-corrected chi connectivity index (χ2v) is 7.24. The van der Waals surface area contributed by atoms with Crippen LogP contribution in [0.15, 0.2) is 29.2 Å². The molecule has 20 heavy (non-hydrogen) atoms. The van der Waals surface area contributed by atoms with Crippen LogP contribution in [0.1, 0.15) is 25.0 Å². The Kier molecular flexibility index (Phi) is 4.80. The van der Waals surface area contributed by atoms with Gasteiger partial charge in [0.25, 0.3) is 0 Å². The molecule has 2 rings (SSSR count). The zero-order valence-corrected chi connectivity index (χ0v) is 12.8. The van der Waals surface area contributed by atoms with E-state index in [0.717, 1.165) is 25.1 Å². The van der Waals surface area contributed by atoms with Crippen molar-refractivity contribution in [3.05, 3.63) is 29.8 Å². The summed E-state index contributed by atoms with van der Waals surface area (Å²) in [4.78, 5) is 2.44. The summed E-state index contributed by atoms with van der Waals surface area (Å²) < 4.78 is 26.7. The lowest BCUT2D eigenvalue weighted by molar-refractivity contribution is 0.199. The van der Waals surface area contributed by atoms with Crippen LogP contribution in [0.5, 0.6) is 0 Å². The fourth-order valence-corrected chi connectivity index (χ4v) is 3.80. The van der Waals surface area contributed by atoms with Gasteiger partial charge in [0.15, 0.2) is 0 Å². The van der Waals surface area contributed by atoms with Crippen molar-refractivity contribution in [2.24, 2.45) is 0 Å². The molecule has 1 aromatic carbocycles. The van der Waals surface area contributed by atoms with Crippen LogP contribution in [0.2, 0.25) is 0 Å². The maximum absolute atomic E-state index is 12.6. The van der Waals surface area contributed by atoms with Gasteiger partial charge < -0.3 is 10.0 Å². The van der Waals surface area contributed by atoms with Crippen LogP contribution >= 0.6 is 0 Å². The monoisotopic (exact) mass is 298 g/mol. The number of aliphatic hydroxyl groups is 1. The molecule has 1 fully saturated rings. The van der Waals surface area contributed by atoms with Crippen LogP contribution in [0.25, 0.3) is 0 Å². The molecule has 1 saturated heterocycles. The average molecular weight is 298 g/mol.